The van der Waals surface area contributed by atoms with Gasteiger partial charge in [0.05, 0.1) is 0 Å². The molecule has 0 saturated heterocycles. The van der Waals surface area contributed by atoms with E-state index in [1.165, 1.54) is 0 Å². The second-order valence-corrected chi connectivity index (χ2v) is 2.25. The smallest absolute Gasteiger partial charge is 0.104 e. The Hall–Kier alpha value is -0.0800. The third kappa shape index (κ3) is 4.09. The van der Waals surface area contributed by atoms with Gasteiger partial charge in [-0.3, -0.25) is 5.32 Å². The SMILES string of the molecule is CCC(O)NC(C)C. The van der Waals surface area contributed by atoms with E-state index in [4.69, 9.17) is 5.11 Å². The summed E-state index contributed by atoms with van der Waals surface area (Å²) in [5.74, 6) is 0. The average molecular weight is 117 g/mol. The van der Waals surface area contributed by atoms with Crippen LogP contribution in [-0.4, -0.2) is 17.4 Å². The summed E-state index contributed by atoms with van der Waals surface area (Å²) in [7, 11) is 0. The monoisotopic (exact) mass is 117 g/mol. The van der Waals surface area contributed by atoms with E-state index in [1.807, 2.05) is 20.8 Å². The van der Waals surface area contributed by atoms with E-state index in [0.717, 1.165) is 6.42 Å². The molecule has 50 valence electrons. The van der Waals surface area contributed by atoms with Gasteiger partial charge in [0, 0.05) is 6.04 Å². The maximum Gasteiger partial charge on any atom is 0.104 e. The number of hydrogen-bond acceptors (Lipinski definition) is 2. The van der Waals surface area contributed by atoms with Gasteiger partial charge < -0.3 is 5.11 Å². The Kier molecular flexibility index (Phi) is 3.83. The van der Waals surface area contributed by atoms with Crippen LogP contribution in [-0.2, 0) is 0 Å². The predicted molar refractivity (Wildman–Crippen MR) is 34.6 cm³/mol. The Morgan fingerprint density at radius 2 is 2.00 bits per heavy atom. The predicted octanol–water partition coefficient (Wildman–Crippen LogP) is 0.713. The average Bonchev–Trinajstić information content (AvgIpc) is 1.65. The maximum atomic E-state index is 8.92. The molecule has 0 aliphatic carbocycles. The largest absolute Gasteiger partial charge is 0.379 e. The van der Waals surface area contributed by atoms with Crippen molar-refractivity contribution in [2.45, 2.75) is 39.5 Å². The minimum atomic E-state index is -0.324. The Morgan fingerprint density at radius 3 is 2.12 bits per heavy atom. The number of aliphatic hydroxyl groups excluding tert-OH is 1. The molecule has 0 spiro atoms. The van der Waals surface area contributed by atoms with Crippen molar-refractivity contribution in [3.8, 4) is 0 Å². The summed E-state index contributed by atoms with van der Waals surface area (Å²) in [6.07, 6.45) is 0.452. The molecule has 0 fully saturated rings. The molecule has 0 saturated carbocycles. The van der Waals surface area contributed by atoms with Gasteiger partial charge >= 0.3 is 0 Å². The van der Waals surface area contributed by atoms with Crippen LogP contribution in [0.4, 0.5) is 0 Å². The van der Waals surface area contributed by atoms with Crippen molar-refractivity contribution in [1.29, 1.82) is 0 Å². The highest BCUT2D eigenvalue weighted by Crippen LogP contribution is 1.86. The second kappa shape index (κ2) is 3.87. The normalized spacial score (nSPS) is 14.6. The molecule has 1 unspecified atom stereocenters. The summed E-state index contributed by atoms with van der Waals surface area (Å²) < 4.78 is 0. The fourth-order valence-electron chi connectivity index (χ4n) is 0.503. The maximum absolute atomic E-state index is 8.92. The summed E-state index contributed by atoms with van der Waals surface area (Å²) in [4.78, 5) is 0. The molecule has 0 amide bonds. The molecule has 0 aliphatic heterocycles. The number of hydrogen-bond donors (Lipinski definition) is 2. The van der Waals surface area contributed by atoms with E-state index in [2.05, 4.69) is 5.32 Å². The fraction of sp³-hybridized carbons (Fsp3) is 1.00. The first-order valence-electron chi connectivity index (χ1n) is 3.11. The molecule has 0 heterocycles. The zero-order valence-electron chi connectivity index (χ0n) is 5.81. The van der Waals surface area contributed by atoms with Gasteiger partial charge in [0.1, 0.15) is 6.23 Å². The van der Waals surface area contributed by atoms with E-state index in [1.54, 1.807) is 0 Å². The first-order valence-corrected chi connectivity index (χ1v) is 3.11. The lowest BCUT2D eigenvalue weighted by Gasteiger charge is -2.12. The van der Waals surface area contributed by atoms with Crippen LogP contribution in [0.25, 0.3) is 0 Å². The molecule has 0 rings (SSSR count). The summed E-state index contributed by atoms with van der Waals surface area (Å²) >= 11 is 0. The quantitative estimate of drug-likeness (QED) is 0.534. The summed E-state index contributed by atoms with van der Waals surface area (Å²) in [6.45, 7) is 5.97. The third-order valence-electron chi connectivity index (χ3n) is 0.912. The Labute approximate surface area is 50.9 Å². The molecule has 0 aromatic rings. The molecular formula is C6H15NO. The van der Waals surface area contributed by atoms with Crippen molar-refractivity contribution in [2.24, 2.45) is 0 Å². The lowest BCUT2D eigenvalue weighted by atomic mass is 10.3. The highest BCUT2D eigenvalue weighted by molar-refractivity contribution is 4.54. The molecule has 8 heavy (non-hydrogen) atoms. The van der Waals surface area contributed by atoms with Crippen molar-refractivity contribution in [2.75, 3.05) is 0 Å². The van der Waals surface area contributed by atoms with Gasteiger partial charge in [-0.2, -0.15) is 0 Å². The minimum Gasteiger partial charge on any atom is -0.379 e. The van der Waals surface area contributed by atoms with E-state index in [0.29, 0.717) is 6.04 Å². The van der Waals surface area contributed by atoms with Gasteiger partial charge in [0.25, 0.3) is 0 Å². The van der Waals surface area contributed by atoms with Crippen molar-refractivity contribution < 1.29 is 5.11 Å². The van der Waals surface area contributed by atoms with E-state index in [-0.39, 0.29) is 6.23 Å². The van der Waals surface area contributed by atoms with Crippen LogP contribution in [0, 0.1) is 0 Å². The molecular weight excluding hydrogens is 102 g/mol. The van der Waals surface area contributed by atoms with Gasteiger partial charge in [-0.25, -0.2) is 0 Å². The minimum absolute atomic E-state index is 0.324. The number of nitrogens with one attached hydrogen (secondary N) is 1. The lowest BCUT2D eigenvalue weighted by Crippen LogP contribution is -2.33. The summed E-state index contributed by atoms with van der Waals surface area (Å²) in [6, 6.07) is 0.380. The zero-order chi connectivity index (χ0) is 6.57. The van der Waals surface area contributed by atoms with Crippen molar-refractivity contribution in [3.63, 3.8) is 0 Å². The standard InChI is InChI=1S/C6H15NO/c1-4-6(8)7-5(2)3/h5-8H,4H2,1-3H3. The molecule has 0 radical (unpaired) electrons. The van der Waals surface area contributed by atoms with Crippen LogP contribution in [0.1, 0.15) is 27.2 Å². The number of rotatable bonds is 3. The Bertz CT molecular complexity index is 54.5. The summed E-state index contributed by atoms with van der Waals surface area (Å²) in [5.41, 5.74) is 0. The van der Waals surface area contributed by atoms with Crippen molar-refractivity contribution >= 4 is 0 Å². The van der Waals surface area contributed by atoms with E-state index in [9.17, 15) is 0 Å². The molecule has 0 aromatic carbocycles. The highest BCUT2D eigenvalue weighted by Gasteiger charge is 1.99. The zero-order valence-corrected chi connectivity index (χ0v) is 5.81. The van der Waals surface area contributed by atoms with E-state index < -0.39 is 0 Å². The third-order valence-corrected chi connectivity index (χ3v) is 0.912. The van der Waals surface area contributed by atoms with Gasteiger partial charge in [0.2, 0.25) is 0 Å². The molecule has 1 atom stereocenters. The van der Waals surface area contributed by atoms with Crippen LogP contribution in [0.15, 0.2) is 0 Å². The van der Waals surface area contributed by atoms with Crippen LogP contribution in [0.5, 0.6) is 0 Å². The molecule has 2 N–H and O–H groups in total. The topological polar surface area (TPSA) is 32.3 Å². The molecule has 2 heteroatoms. The lowest BCUT2D eigenvalue weighted by molar-refractivity contribution is 0.123. The van der Waals surface area contributed by atoms with Crippen LogP contribution >= 0.6 is 0 Å². The first-order chi connectivity index (χ1) is 3.66. The Balaban J connectivity index is 3.10. The molecule has 0 bridgehead atoms. The van der Waals surface area contributed by atoms with Crippen LogP contribution in [0.2, 0.25) is 0 Å². The Morgan fingerprint density at radius 1 is 1.50 bits per heavy atom. The van der Waals surface area contributed by atoms with Crippen molar-refractivity contribution in [1.82, 2.24) is 5.32 Å². The fourth-order valence-corrected chi connectivity index (χ4v) is 0.503. The summed E-state index contributed by atoms with van der Waals surface area (Å²) in [5, 5.41) is 11.9. The van der Waals surface area contributed by atoms with Crippen molar-refractivity contribution in [3.05, 3.63) is 0 Å². The van der Waals surface area contributed by atoms with E-state index >= 15 is 0 Å². The van der Waals surface area contributed by atoms with Gasteiger partial charge in [-0.1, -0.05) is 6.92 Å². The van der Waals surface area contributed by atoms with Gasteiger partial charge in [-0.15, -0.1) is 0 Å². The molecule has 0 aliphatic rings. The first kappa shape index (κ1) is 7.92. The second-order valence-electron chi connectivity index (χ2n) is 2.25. The van der Waals surface area contributed by atoms with Gasteiger partial charge in [0.15, 0.2) is 0 Å². The molecule has 2 nitrogen and oxygen atoms in total. The highest BCUT2D eigenvalue weighted by atomic mass is 16.3. The van der Waals surface area contributed by atoms with Crippen LogP contribution in [0.3, 0.4) is 0 Å². The number of aliphatic hydroxyl groups is 1. The molecule has 0 aromatic heterocycles. The van der Waals surface area contributed by atoms with Crippen LogP contribution < -0.4 is 5.32 Å². The van der Waals surface area contributed by atoms with Gasteiger partial charge in [-0.05, 0) is 20.3 Å².